The first-order chi connectivity index (χ1) is 13.1. The fourth-order valence-corrected chi connectivity index (χ4v) is 4.26. The average molecular weight is 439 g/mol. The van der Waals surface area contributed by atoms with Gasteiger partial charge in [0.2, 0.25) is 0 Å². The molecule has 0 saturated carbocycles. The first-order valence-corrected chi connectivity index (χ1v) is 9.96. The van der Waals surface area contributed by atoms with Crippen molar-refractivity contribution in [3.63, 3.8) is 0 Å². The second kappa shape index (κ2) is 7.13. The van der Waals surface area contributed by atoms with Gasteiger partial charge in [-0.15, -0.1) is 11.3 Å². The second-order valence-corrected chi connectivity index (χ2v) is 7.93. The van der Waals surface area contributed by atoms with E-state index in [0.29, 0.717) is 22.3 Å². The maximum atomic E-state index is 13.2. The van der Waals surface area contributed by atoms with Crippen molar-refractivity contribution in [1.82, 2.24) is 4.57 Å². The highest BCUT2D eigenvalue weighted by Crippen LogP contribution is 2.31. The highest BCUT2D eigenvalue weighted by atomic mass is 79.9. The topological polar surface area (TPSA) is 51.1 Å². The number of pyridine rings is 1. The molecule has 4 rings (SSSR count). The molecule has 2 heterocycles. The fourth-order valence-electron chi connectivity index (χ4n) is 3.09. The second-order valence-electron chi connectivity index (χ2n) is 6.07. The summed E-state index contributed by atoms with van der Waals surface area (Å²) >= 11 is 4.86. The number of nitrogens with one attached hydrogen (secondary N) is 1. The molecule has 0 fully saturated rings. The Morgan fingerprint density at radius 1 is 1.07 bits per heavy atom. The number of para-hydroxylation sites is 1. The number of hydrogen-bond donors (Lipinski definition) is 1. The maximum Gasteiger partial charge on any atom is 0.256 e. The van der Waals surface area contributed by atoms with Crippen molar-refractivity contribution in [3.8, 4) is 10.4 Å². The van der Waals surface area contributed by atoms with Gasteiger partial charge < -0.3 is 9.88 Å². The number of hydrogen-bond acceptors (Lipinski definition) is 3. The molecule has 1 N–H and O–H groups in total. The van der Waals surface area contributed by atoms with E-state index in [4.69, 9.17) is 0 Å². The molecule has 4 nitrogen and oxygen atoms in total. The minimum Gasteiger partial charge on any atom is -0.330 e. The summed E-state index contributed by atoms with van der Waals surface area (Å²) in [6.07, 6.45) is 0. The van der Waals surface area contributed by atoms with Gasteiger partial charge in [0, 0.05) is 27.3 Å². The average Bonchev–Trinajstić information content (AvgIpc) is 3.20. The van der Waals surface area contributed by atoms with Crippen molar-refractivity contribution in [1.29, 1.82) is 0 Å². The van der Waals surface area contributed by atoms with Gasteiger partial charge in [-0.3, -0.25) is 9.59 Å². The Morgan fingerprint density at radius 2 is 1.89 bits per heavy atom. The Balaban J connectivity index is 1.93. The number of carbonyl (C=O) groups excluding carboxylic acids is 1. The van der Waals surface area contributed by atoms with Crippen molar-refractivity contribution < 1.29 is 4.79 Å². The molecule has 2 aromatic heterocycles. The molecule has 1 amide bonds. The van der Waals surface area contributed by atoms with Crippen LogP contribution in [0.5, 0.6) is 0 Å². The molecule has 134 valence electrons. The van der Waals surface area contributed by atoms with Gasteiger partial charge in [-0.25, -0.2) is 0 Å². The minimum atomic E-state index is -0.264. The third-order valence-electron chi connectivity index (χ3n) is 4.40. The van der Waals surface area contributed by atoms with Crippen LogP contribution in [-0.4, -0.2) is 10.5 Å². The Kier molecular flexibility index (Phi) is 4.68. The lowest BCUT2D eigenvalue weighted by atomic mass is 10.1. The number of rotatable bonds is 3. The van der Waals surface area contributed by atoms with Gasteiger partial charge in [-0.2, -0.15) is 0 Å². The number of benzene rings is 2. The van der Waals surface area contributed by atoms with Crippen molar-refractivity contribution in [2.45, 2.75) is 0 Å². The summed E-state index contributed by atoms with van der Waals surface area (Å²) in [5, 5.41) is 5.50. The highest BCUT2D eigenvalue weighted by molar-refractivity contribution is 9.10. The van der Waals surface area contributed by atoms with Crippen LogP contribution >= 0.6 is 27.3 Å². The largest absolute Gasteiger partial charge is 0.330 e. The van der Waals surface area contributed by atoms with Crippen LogP contribution in [0.3, 0.4) is 0 Å². The predicted octanol–water partition coefficient (Wildman–Crippen LogP) is 5.28. The Labute approximate surface area is 168 Å². The lowest BCUT2D eigenvalue weighted by Crippen LogP contribution is -2.21. The van der Waals surface area contributed by atoms with Crippen LogP contribution < -0.4 is 10.7 Å². The molecule has 0 saturated heterocycles. The molecule has 0 bridgehead atoms. The number of thiophene rings is 1. The number of halogens is 1. The van der Waals surface area contributed by atoms with Crippen LogP contribution in [0.1, 0.15) is 10.4 Å². The predicted molar refractivity (Wildman–Crippen MR) is 115 cm³/mol. The standard InChI is InChI=1S/C21H15BrN2O2S/c1-24-16-9-3-2-8-15(16)19(25)18(17-10-5-11-27-17)20(24)23-21(26)13-6-4-7-14(22)12-13/h2-12H,1H3,(H,23,26). The molecule has 27 heavy (non-hydrogen) atoms. The molecule has 0 aliphatic carbocycles. The molecule has 4 aromatic rings. The van der Waals surface area contributed by atoms with E-state index in [9.17, 15) is 9.59 Å². The van der Waals surface area contributed by atoms with E-state index in [2.05, 4.69) is 21.2 Å². The smallest absolute Gasteiger partial charge is 0.256 e. The van der Waals surface area contributed by atoms with E-state index in [0.717, 1.165) is 14.9 Å². The molecule has 0 aliphatic rings. The molecular weight excluding hydrogens is 424 g/mol. The Morgan fingerprint density at radius 3 is 2.63 bits per heavy atom. The number of aromatic nitrogens is 1. The van der Waals surface area contributed by atoms with E-state index >= 15 is 0 Å². The molecule has 0 atom stereocenters. The maximum absolute atomic E-state index is 13.2. The minimum absolute atomic E-state index is 0.0873. The van der Waals surface area contributed by atoms with Gasteiger partial charge in [0.15, 0.2) is 5.43 Å². The summed E-state index contributed by atoms with van der Waals surface area (Å²) in [6.45, 7) is 0. The Hall–Kier alpha value is -2.70. The van der Waals surface area contributed by atoms with Crippen molar-refractivity contribution in [2.75, 3.05) is 5.32 Å². The summed E-state index contributed by atoms with van der Waals surface area (Å²) in [4.78, 5) is 26.9. The molecular formula is C21H15BrN2O2S. The molecule has 2 aromatic carbocycles. The van der Waals surface area contributed by atoms with E-state index < -0.39 is 0 Å². The monoisotopic (exact) mass is 438 g/mol. The SMILES string of the molecule is Cn1c(NC(=O)c2cccc(Br)c2)c(-c2cccs2)c(=O)c2ccccc21. The van der Waals surface area contributed by atoms with E-state index in [-0.39, 0.29) is 11.3 Å². The van der Waals surface area contributed by atoms with Crippen LogP contribution in [-0.2, 0) is 7.05 Å². The number of anilines is 1. The first-order valence-electron chi connectivity index (χ1n) is 8.29. The molecule has 0 unspecified atom stereocenters. The molecule has 6 heteroatoms. The zero-order valence-electron chi connectivity index (χ0n) is 14.4. The van der Waals surface area contributed by atoms with Crippen LogP contribution in [0.4, 0.5) is 5.82 Å². The lowest BCUT2D eigenvalue weighted by molar-refractivity contribution is 0.102. The number of amides is 1. The molecule has 0 spiro atoms. The van der Waals surface area contributed by atoms with Gasteiger partial charge in [-0.05, 0) is 41.8 Å². The van der Waals surface area contributed by atoms with Crippen LogP contribution in [0.15, 0.2) is 75.3 Å². The van der Waals surface area contributed by atoms with Gasteiger partial charge in [0.1, 0.15) is 5.82 Å². The zero-order valence-corrected chi connectivity index (χ0v) is 16.8. The number of fused-ring (bicyclic) bond motifs is 1. The van der Waals surface area contributed by atoms with E-state index in [1.165, 1.54) is 11.3 Å². The van der Waals surface area contributed by atoms with Crippen molar-refractivity contribution in [2.24, 2.45) is 7.05 Å². The lowest BCUT2D eigenvalue weighted by Gasteiger charge is -2.17. The number of aryl methyl sites for hydroxylation is 1. The summed E-state index contributed by atoms with van der Waals surface area (Å²) in [5.74, 6) is 0.227. The van der Waals surface area contributed by atoms with Crippen molar-refractivity contribution >= 4 is 49.9 Å². The first kappa shape index (κ1) is 17.7. The number of nitrogens with zero attached hydrogens (tertiary/aromatic N) is 1. The third kappa shape index (κ3) is 3.22. The van der Waals surface area contributed by atoms with E-state index in [1.807, 2.05) is 59.5 Å². The highest BCUT2D eigenvalue weighted by Gasteiger charge is 2.20. The summed E-state index contributed by atoms with van der Waals surface area (Å²) in [5.41, 5.74) is 1.71. The van der Waals surface area contributed by atoms with Crippen LogP contribution in [0.25, 0.3) is 21.3 Å². The van der Waals surface area contributed by atoms with Crippen LogP contribution in [0.2, 0.25) is 0 Å². The molecule has 0 aliphatic heterocycles. The summed E-state index contributed by atoms with van der Waals surface area (Å²) in [6, 6.07) is 18.4. The normalized spacial score (nSPS) is 10.9. The zero-order chi connectivity index (χ0) is 19.0. The molecule has 0 radical (unpaired) electrons. The van der Waals surface area contributed by atoms with Gasteiger partial charge in [0.05, 0.1) is 11.1 Å². The van der Waals surface area contributed by atoms with Crippen molar-refractivity contribution in [3.05, 3.63) is 86.3 Å². The summed E-state index contributed by atoms with van der Waals surface area (Å²) in [7, 11) is 1.86. The van der Waals surface area contributed by atoms with Gasteiger partial charge in [0.25, 0.3) is 5.91 Å². The van der Waals surface area contributed by atoms with Crippen LogP contribution in [0, 0.1) is 0 Å². The van der Waals surface area contributed by atoms with E-state index in [1.54, 1.807) is 18.2 Å². The quantitative estimate of drug-likeness (QED) is 0.472. The van der Waals surface area contributed by atoms with Gasteiger partial charge >= 0.3 is 0 Å². The Bertz CT molecular complexity index is 1210. The fraction of sp³-hybridized carbons (Fsp3) is 0.0476. The third-order valence-corrected chi connectivity index (χ3v) is 5.78. The summed E-state index contributed by atoms with van der Waals surface area (Å²) < 4.78 is 2.68. The number of carbonyl (C=O) groups is 1. The van der Waals surface area contributed by atoms with Gasteiger partial charge in [-0.1, -0.05) is 40.2 Å².